The van der Waals surface area contributed by atoms with E-state index >= 15 is 0 Å². The van der Waals surface area contributed by atoms with Gasteiger partial charge in [0, 0.05) is 38.1 Å². The van der Waals surface area contributed by atoms with E-state index in [4.69, 9.17) is 14.2 Å². The molecule has 0 aliphatic carbocycles. The van der Waals surface area contributed by atoms with Crippen LogP contribution in [0.4, 0.5) is 16.3 Å². The van der Waals surface area contributed by atoms with Crippen LogP contribution in [0.2, 0.25) is 0 Å². The first kappa shape index (κ1) is 22.5. The third-order valence-electron chi connectivity index (χ3n) is 5.63. The summed E-state index contributed by atoms with van der Waals surface area (Å²) in [5.41, 5.74) is 2.76. The first-order chi connectivity index (χ1) is 15.8. The summed E-state index contributed by atoms with van der Waals surface area (Å²) >= 11 is 0. The Kier molecular flexibility index (Phi) is 8.30. The van der Waals surface area contributed by atoms with Crippen LogP contribution < -0.4 is 15.5 Å². The lowest BCUT2D eigenvalue weighted by Crippen LogP contribution is -2.36. The fraction of sp³-hybridized carbons (Fsp3) is 0.500. The summed E-state index contributed by atoms with van der Waals surface area (Å²) in [5, 5.41) is 5.81. The zero-order valence-electron chi connectivity index (χ0n) is 18.4. The largest absolute Gasteiger partial charge is 0.378 e. The minimum absolute atomic E-state index is 0.202. The molecule has 1 atom stereocenters. The van der Waals surface area contributed by atoms with Gasteiger partial charge < -0.3 is 29.7 Å². The van der Waals surface area contributed by atoms with Gasteiger partial charge in [-0.25, -0.2) is 9.78 Å². The summed E-state index contributed by atoms with van der Waals surface area (Å²) in [7, 11) is 0. The number of nitrogens with zero attached hydrogens (tertiary/aromatic N) is 2. The molecule has 8 nitrogen and oxygen atoms in total. The molecular formula is C24H32N4O4. The third-order valence-corrected chi connectivity index (χ3v) is 5.63. The number of benzene rings is 1. The quantitative estimate of drug-likeness (QED) is 0.655. The normalized spacial score (nSPS) is 18.9. The first-order valence-corrected chi connectivity index (χ1v) is 11.4. The molecule has 2 N–H and O–H groups in total. The molecular weight excluding hydrogens is 408 g/mol. The van der Waals surface area contributed by atoms with Gasteiger partial charge >= 0.3 is 6.03 Å². The number of nitrogens with one attached hydrogen (secondary N) is 2. The van der Waals surface area contributed by atoms with Gasteiger partial charge in [0.05, 0.1) is 32.5 Å². The predicted molar refractivity (Wildman–Crippen MR) is 123 cm³/mol. The van der Waals surface area contributed by atoms with E-state index < -0.39 is 0 Å². The van der Waals surface area contributed by atoms with Crippen molar-refractivity contribution in [2.75, 3.05) is 49.7 Å². The maximum Gasteiger partial charge on any atom is 0.319 e. The zero-order valence-corrected chi connectivity index (χ0v) is 18.4. The predicted octanol–water partition coefficient (Wildman–Crippen LogP) is 3.33. The Balaban J connectivity index is 1.22. The molecule has 0 spiro atoms. The molecule has 1 aromatic carbocycles. The van der Waals surface area contributed by atoms with Crippen molar-refractivity contribution in [3.8, 4) is 0 Å². The summed E-state index contributed by atoms with van der Waals surface area (Å²) in [6, 6.07) is 11.4. The molecule has 4 rings (SSSR count). The standard InChI is InChI=1S/C24H32N4O4/c29-24(26-16-19-7-8-25-23(15-19)28-9-12-30-13-10-28)27-21-5-3-4-20(14-21)17-31-18-22-6-1-2-11-32-22/h3-5,7-8,14-15,22H,1-2,6,9-13,16-18H2,(H2,26,27,29)/t22-/m1/s1. The number of rotatable bonds is 8. The summed E-state index contributed by atoms with van der Waals surface area (Å²) in [6.45, 7) is 5.45. The number of ether oxygens (including phenoxy) is 3. The average molecular weight is 441 g/mol. The van der Waals surface area contributed by atoms with Gasteiger partial charge in [-0.1, -0.05) is 12.1 Å². The Labute approximate surface area is 189 Å². The van der Waals surface area contributed by atoms with Gasteiger partial charge in [0.1, 0.15) is 5.82 Å². The molecule has 0 unspecified atom stereocenters. The van der Waals surface area contributed by atoms with Gasteiger partial charge in [-0.2, -0.15) is 0 Å². The maximum absolute atomic E-state index is 12.4. The molecule has 2 saturated heterocycles. The molecule has 2 aliphatic rings. The molecule has 8 heteroatoms. The van der Waals surface area contributed by atoms with E-state index in [0.717, 1.165) is 55.2 Å². The second-order valence-electron chi connectivity index (χ2n) is 8.13. The van der Waals surface area contributed by atoms with Crippen LogP contribution in [0.1, 0.15) is 30.4 Å². The van der Waals surface area contributed by atoms with Gasteiger partial charge in [0.25, 0.3) is 0 Å². The highest BCUT2D eigenvalue weighted by Gasteiger charge is 2.14. The number of hydrogen-bond acceptors (Lipinski definition) is 6. The van der Waals surface area contributed by atoms with Crippen LogP contribution >= 0.6 is 0 Å². The number of aromatic nitrogens is 1. The lowest BCUT2D eigenvalue weighted by Gasteiger charge is -2.28. The van der Waals surface area contributed by atoms with Crippen molar-refractivity contribution in [1.82, 2.24) is 10.3 Å². The van der Waals surface area contributed by atoms with Gasteiger partial charge in [-0.3, -0.25) is 0 Å². The lowest BCUT2D eigenvalue weighted by molar-refractivity contribution is -0.0447. The maximum atomic E-state index is 12.4. The minimum atomic E-state index is -0.247. The number of amides is 2. The summed E-state index contributed by atoms with van der Waals surface area (Å²) in [4.78, 5) is 19.0. The van der Waals surface area contributed by atoms with Crippen LogP contribution in [0.3, 0.4) is 0 Å². The molecule has 2 amide bonds. The van der Waals surface area contributed by atoms with E-state index in [-0.39, 0.29) is 12.1 Å². The number of carbonyl (C=O) groups excluding carboxylic acids is 1. The fourth-order valence-electron chi connectivity index (χ4n) is 3.88. The van der Waals surface area contributed by atoms with Crippen LogP contribution in [0.15, 0.2) is 42.6 Å². The van der Waals surface area contributed by atoms with Gasteiger partial charge in [0.2, 0.25) is 0 Å². The van der Waals surface area contributed by atoms with Crippen LogP contribution in [0.25, 0.3) is 0 Å². The number of pyridine rings is 1. The minimum Gasteiger partial charge on any atom is -0.378 e. The Morgan fingerprint density at radius 3 is 2.88 bits per heavy atom. The van der Waals surface area contributed by atoms with E-state index in [1.54, 1.807) is 6.20 Å². The average Bonchev–Trinajstić information content (AvgIpc) is 2.84. The zero-order chi connectivity index (χ0) is 22.0. The number of anilines is 2. The van der Waals surface area contributed by atoms with Crippen molar-refractivity contribution >= 4 is 17.5 Å². The van der Waals surface area contributed by atoms with Crippen molar-refractivity contribution in [2.24, 2.45) is 0 Å². The van der Waals surface area contributed by atoms with E-state index in [0.29, 0.717) is 33.0 Å². The molecule has 0 saturated carbocycles. The smallest absolute Gasteiger partial charge is 0.319 e. The lowest BCUT2D eigenvalue weighted by atomic mass is 10.1. The van der Waals surface area contributed by atoms with E-state index in [9.17, 15) is 4.79 Å². The summed E-state index contributed by atoms with van der Waals surface area (Å²) in [5.74, 6) is 0.916. The highest BCUT2D eigenvalue weighted by Crippen LogP contribution is 2.16. The van der Waals surface area contributed by atoms with Gasteiger partial charge in [-0.05, 0) is 54.7 Å². The van der Waals surface area contributed by atoms with Crippen molar-refractivity contribution in [3.63, 3.8) is 0 Å². The van der Waals surface area contributed by atoms with E-state index in [1.807, 2.05) is 36.4 Å². The molecule has 0 bridgehead atoms. The number of hydrogen-bond donors (Lipinski definition) is 2. The van der Waals surface area contributed by atoms with Crippen molar-refractivity contribution in [1.29, 1.82) is 0 Å². The van der Waals surface area contributed by atoms with E-state index in [1.165, 1.54) is 6.42 Å². The second kappa shape index (κ2) is 11.8. The topological polar surface area (TPSA) is 85.0 Å². The summed E-state index contributed by atoms with van der Waals surface area (Å²) < 4.78 is 16.9. The number of urea groups is 1. The highest BCUT2D eigenvalue weighted by molar-refractivity contribution is 5.89. The monoisotopic (exact) mass is 440 g/mol. The summed E-state index contributed by atoms with van der Waals surface area (Å²) in [6.07, 6.45) is 5.39. The molecule has 2 aliphatic heterocycles. The molecule has 2 aromatic rings. The number of carbonyl (C=O) groups is 1. The molecule has 1 aromatic heterocycles. The molecule has 0 radical (unpaired) electrons. The molecule has 2 fully saturated rings. The Hall–Kier alpha value is -2.68. The van der Waals surface area contributed by atoms with Crippen LogP contribution in [0.5, 0.6) is 0 Å². The Bertz CT molecular complexity index is 867. The van der Waals surface area contributed by atoms with Crippen LogP contribution in [-0.2, 0) is 27.4 Å². The highest BCUT2D eigenvalue weighted by atomic mass is 16.5. The van der Waals surface area contributed by atoms with Crippen LogP contribution in [0, 0.1) is 0 Å². The fourth-order valence-corrected chi connectivity index (χ4v) is 3.88. The molecule has 32 heavy (non-hydrogen) atoms. The van der Waals surface area contributed by atoms with E-state index in [2.05, 4.69) is 20.5 Å². The van der Waals surface area contributed by atoms with Crippen molar-refractivity contribution in [3.05, 3.63) is 53.7 Å². The molecule has 172 valence electrons. The number of morpholine rings is 1. The second-order valence-corrected chi connectivity index (χ2v) is 8.13. The Morgan fingerprint density at radius 2 is 2.03 bits per heavy atom. The van der Waals surface area contributed by atoms with Gasteiger partial charge in [-0.15, -0.1) is 0 Å². The van der Waals surface area contributed by atoms with Gasteiger partial charge in [0.15, 0.2) is 0 Å². The van der Waals surface area contributed by atoms with Crippen molar-refractivity contribution < 1.29 is 19.0 Å². The van der Waals surface area contributed by atoms with Crippen LogP contribution in [-0.4, -0.2) is 56.6 Å². The molecule has 3 heterocycles. The Morgan fingerprint density at radius 1 is 1.12 bits per heavy atom. The SMILES string of the molecule is O=C(NCc1ccnc(N2CCOCC2)c1)Nc1cccc(COC[C@H]2CCCCO2)c1. The van der Waals surface area contributed by atoms with Crippen molar-refractivity contribution in [2.45, 2.75) is 38.5 Å². The first-order valence-electron chi connectivity index (χ1n) is 11.4. The third kappa shape index (κ3) is 6.91.